The number of benzene rings is 2. The Kier molecular flexibility index (Phi) is 5.61. The molecule has 6 heteroatoms. The Labute approximate surface area is 217 Å². The number of rotatable bonds is 7. The van der Waals surface area contributed by atoms with Crippen molar-refractivity contribution in [1.82, 2.24) is 10.6 Å². The molecule has 0 radical (unpaired) electrons. The number of nitrogens with one attached hydrogen (secondary N) is 3. The van der Waals surface area contributed by atoms with Gasteiger partial charge in [0.1, 0.15) is 5.58 Å². The molecule has 2 aromatic carbocycles. The summed E-state index contributed by atoms with van der Waals surface area (Å²) in [5.74, 6) is 2.10. The van der Waals surface area contributed by atoms with Gasteiger partial charge >= 0.3 is 0 Å². The second-order valence-electron chi connectivity index (χ2n) is 12.1. The summed E-state index contributed by atoms with van der Waals surface area (Å²) in [7, 11) is 0. The lowest BCUT2D eigenvalue weighted by Gasteiger charge is -2.57. The normalized spacial score (nSPS) is 30.6. The van der Waals surface area contributed by atoms with Gasteiger partial charge < -0.3 is 15.1 Å². The molecule has 1 aliphatic heterocycles. The lowest BCUT2D eigenvalue weighted by Crippen LogP contribution is -2.58. The van der Waals surface area contributed by atoms with E-state index in [-0.39, 0.29) is 17.7 Å². The van der Waals surface area contributed by atoms with Crippen molar-refractivity contribution in [3.05, 3.63) is 65.4 Å². The number of piperidine rings is 1. The molecule has 4 aliphatic carbocycles. The fraction of sp³-hybridized carbons (Fsp3) is 0.484. The molecule has 6 nitrogen and oxygen atoms in total. The van der Waals surface area contributed by atoms with E-state index >= 15 is 0 Å². The fourth-order valence-corrected chi connectivity index (χ4v) is 8.01. The predicted octanol–water partition coefficient (Wildman–Crippen LogP) is 5.62. The van der Waals surface area contributed by atoms with Crippen LogP contribution in [-0.4, -0.2) is 17.4 Å². The van der Waals surface area contributed by atoms with Crippen LogP contribution in [0.25, 0.3) is 11.0 Å². The van der Waals surface area contributed by atoms with Gasteiger partial charge in [-0.3, -0.25) is 14.9 Å². The summed E-state index contributed by atoms with van der Waals surface area (Å²) >= 11 is 0. The van der Waals surface area contributed by atoms with Crippen LogP contribution in [0.3, 0.4) is 0 Å². The lowest BCUT2D eigenvalue weighted by molar-refractivity contribution is -0.134. The summed E-state index contributed by atoms with van der Waals surface area (Å²) in [5.41, 5.74) is 5.56. The summed E-state index contributed by atoms with van der Waals surface area (Å²) in [5, 5.41) is 10.9. The maximum atomic E-state index is 12.4. The molecule has 1 saturated heterocycles. The summed E-state index contributed by atoms with van der Waals surface area (Å²) in [6.45, 7) is 1.68. The Bertz CT molecular complexity index is 1310. The average molecular weight is 498 g/mol. The molecule has 0 spiro atoms. The van der Waals surface area contributed by atoms with Crippen LogP contribution in [-0.2, 0) is 22.7 Å². The standard InChI is InChI=1S/C31H35N3O3/c35-29-8-6-25(30(36)34-29)27-18-37-28-7-5-24(12-26(27)28)32-16-19-1-3-20(4-2-19)17-33-31-13-21-9-22(14-31)11-23(10-21)15-31/h1-5,7,12,18,21-23,25,32-33H,6,8-11,13-17H2,(H,34,35,36). The molecule has 1 atom stereocenters. The van der Waals surface area contributed by atoms with Gasteiger partial charge in [-0.2, -0.15) is 0 Å². The van der Waals surface area contributed by atoms with E-state index in [4.69, 9.17) is 4.42 Å². The number of amides is 2. The van der Waals surface area contributed by atoms with Gasteiger partial charge in [0.25, 0.3) is 0 Å². The van der Waals surface area contributed by atoms with E-state index in [0.29, 0.717) is 18.4 Å². The molecule has 8 rings (SSSR count). The van der Waals surface area contributed by atoms with E-state index < -0.39 is 0 Å². The second-order valence-corrected chi connectivity index (χ2v) is 12.1. The fourth-order valence-electron chi connectivity index (χ4n) is 8.01. The minimum atomic E-state index is -0.353. The van der Waals surface area contributed by atoms with Crippen LogP contribution in [0.2, 0.25) is 0 Å². The minimum absolute atomic E-state index is 0.203. The van der Waals surface area contributed by atoms with Crippen molar-refractivity contribution in [2.75, 3.05) is 5.32 Å². The molecule has 3 N–H and O–H groups in total. The van der Waals surface area contributed by atoms with E-state index in [2.05, 4.69) is 40.2 Å². The van der Waals surface area contributed by atoms with Gasteiger partial charge in [0.05, 0.1) is 12.2 Å². The predicted molar refractivity (Wildman–Crippen MR) is 143 cm³/mol. The van der Waals surface area contributed by atoms with Crippen molar-refractivity contribution in [3.63, 3.8) is 0 Å². The Morgan fingerprint density at radius 1 is 0.892 bits per heavy atom. The van der Waals surface area contributed by atoms with Gasteiger partial charge in [-0.15, -0.1) is 0 Å². The summed E-state index contributed by atoms with van der Waals surface area (Å²) in [4.78, 5) is 23.9. The number of hydrogen-bond acceptors (Lipinski definition) is 5. The van der Waals surface area contributed by atoms with Crippen molar-refractivity contribution in [2.45, 2.75) is 75.9 Å². The van der Waals surface area contributed by atoms with Gasteiger partial charge in [0.15, 0.2) is 0 Å². The molecule has 37 heavy (non-hydrogen) atoms. The number of hydrogen-bond donors (Lipinski definition) is 3. The van der Waals surface area contributed by atoms with Crippen molar-refractivity contribution < 1.29 is 14.0 Å². The molecule has 192 valence electrons. The van der Waals surface area contributed by atoms with Gasteiger partial charge in [-0.1, -0.05) is 24.3 Å². The van der Waals surface area contributed by atoms with Crippen LogP contribution < -0.4 is 16.0 Å². The zero-order chi connectivity index (χ0) is 25.0. The zero-order valence-electron chi connectivity index (χ0n) is 21.2. The Hall–Kier alpha value is -3.12. The molecule has 1 unspecified atom stereocenters. The van der Waals surface area contributed by atoms with Crippen molar-refractivity contribution in [1.29, 1.82) is 0 Å². The highest BCUT2D eigenvalue weighted by molar-refractivity contribution is 6.03. The molecule has 3 aromatic rings. The van der Waals surface area contributed by atoms with E-state index in [1.54, 1.807) is 6.26 Å². The summed E-state index contributed by atoms with van der Waals surface area (Å²) in [6, 6.07) is 14.9. The van der Waals surface area contributed by atoms with Gasteiger partial charge in [0, 0.05) is 41.7 Å². The van der Waals surface area contributed by atoms with Crippen LogP contribution in [0.1, 0.15) is 74.0 Å². The number of carbonyl (C=O) groups excluding carboxylic acids is 2. The van der Waals surface area contributed by atoms with Gasteiger partial charge in [0.2, 0.25) is 11.8 Å². The maximum absolute atomic E-state index is 12.4. The number of carbonyl (C=O) groups is 2. The van der Waals surface area contributed by atoms with E-state index in [1.165, 1.54) is 49.7 Å². The molecule has 5 aliphatic rings. The van der Waals surface area contributed by atoms with Crippen LogP contribution in [0.4, 0.5) is 5.69 Å². The first kappa shape index (κ1) is 23.0. The number of anilines is 1. The first-order chi connectivity index (χ1) is 18.0. The first-order valence-electron chi connectivity index (χ1n) is 13.9. The highest BCUT2D eigenvalue weighted by Gasteiger charge is 2.50. The minimum Gasteiger partial charge on any atom is -0.464 e. The van der Waals surface area contributed by atoms with E-state index in [0.717, 1.165) is 53.1 Å². The molecule has 4 bridgehead atoms. The van der Waals surface area contributed by atoms with Crippen LogP contribution >= 0.6 is 0 Å². The quantitative estimate of drug-likeness (QED) is 0.369. The molecule has 2 heterocycles. The topological polar surface area (TPSA) is 83.4 Å². The highest BCUT2D eigenvalue weighted by atomic mass is 16.3. The van der Waals surface area contributed by atoms with Crippen molar-refractivity contribution >= 4 is 28.5 Å². The Morgan fingerprint density at radius 2 is 1.57 bits per heavy atom. The molecular weight excluding hydrogens is 462 g/mol. The molecule has 2 amide bonds. The average Bonchev–Trinajstić information content (AvgIpc) is 3.29. The zero-order valence-corrected chi connectivity index (χ0v) is 21.2. The van der Waals surface area contributed by atoms with Gasteiger partial charge in [-0.25, -0.2) is 0 Å². The number of fused-ring (bicyclic) bond motifs is 1. The van der Waals surface area contributed by atoms with Crippen molar-refractivity contribution in [2.24, 2.45) is 17.8 Å². The first-order valence-corrected chi connectivity index (χ1v) is 13.9. The monoisotopic (exact) mass is 497 g/mol. The van der Waals surface area contributed by atoms with Gasteiger partial charge in [-0.05, 0) is 92.0 Å². The lowest BCUT2D eigenvalue weighted by atomic mass is 9.53. The maximum Gasteiger partial charge on any atom is 0.234 e. The van der Waals surface area contributed by atoms with Crippen LogP contribution in [0.15, 0.2) is 53.1 Å². The van der Waals surface area contributed by atoms with E-state index in [9.17, 15) is 9.59 Å². The highest BCUT2D eigenvalue weighted by Crippen LogP contribution is 2.55. The third kappa shape index (κ3) is 4.46. The van der Waals surface area contributed by atoms with E-state index in [1.807, 2.05) is 18.2 Å². The van der Waals surface area contributed by atoms with Crippen LogP contribution in [0, 0.1) is 17.8 Å². The summed E-state index contributed by atoms with van der Waals surface area (Å²) < 4.78 is 5.71. The summed E-state index contributed by atoms with van der Waals surface area (Å²) in [6.07, 6.45) is 11.1. The molecule has 1 aromatic heterocycles. The number of imide groups is 1. The SMILES string of the molecule is O=C1CCC(c2coc3ccc(NCc4ccc(CNC56CC7CC(CC(C7)C5)C6)cc4)cc23)C(=O)N1. The van der Waals surface area contributed by atoms with Crippen molar-refractivity contribution in [3.8, 4) is 0 Å². The molecule has 4 saturated carbocycles. The largest absolute Gasteiger partial charge is 0.464 e. The van der Waals surface area contributed by atoms with Crippen LogP contribution in [0.5, 0.6) is 0 Å². The Balaban J connectivity index is 0.981. The smallest absolute Gasteiger partial charge is 0.234 e. The third-order valence-electron chi connectivity index (χ3n) is 9.44. The molecule has 5 fully saturated rings. The second kappa shape index (κ2) is 9.02. The Morgan fingerprint density at radius 3 is 2.24 bits per heavy atom. The number of furan rings is 1. The molecular formula is C31H35N3O3. The third-order valence-corrected chi connectivity index (χ3v) is 9.44.